The Morgan fingerprint density at radius 3 is 2.72 bits per heavy atom. The molecule has 1 rings (SSSR count). The first kappa shape index (κ1) is 14.5. The van der Waals surface area contributed by atoms with Crippen molar-refractivity contribution in [2.75, 3.05) is 12.9 Å². The van der Waals surface area contributed by atoms with Gasteiger partial charge in [0.25, 0.3) is 0 Å². The maximum Gasteiger partial charge on any atom is 0.354 e. The second kappa shape index (κ2) is 5.86. The highest BCUT2D eigenvalue weighted by Gasteiger charge is 2.28. The van der Waals surface area contributed by atoms with Crippen LogP contribution in [0.15, 0.2) is 23.2 Å². The zero-order chi connectivity index (χ0) is 13.8. The molecule has 0 amide bonds. The number of carbonyl (C=O) groups excluding carboxylic acids is 1. The van der Waals surface area contributed by atoms with Crippen molar-refractivity contribution in [2.45, 2.75) is 18.7 Å². The fourth-order valence-electron chi connectivity index (χ4n) is 1.22. The fraction of sp³-hybridized carbons (Fsp3) is 0.417. The monoisotopic (exact) mass is 269 g/mol. The number of hydrogen-bond acceptors (Lipinski definition) is 5. The van der Waals surface area contributed by atoms with Crippen molar-refractivity contribution in [2.24, 2.45) is 5.41 Å². The Morgan fingerprint density at radius 2 is 2.17 bits per heavy atom. The summed E-state index contributed by atoms with van der Waals surface area (Å²) in [7, 11) is 1.35. The zero-order valence-electron chi connectivity index (χ0n) is 10.5. The molecular weight excluding hydrogens is 254 g/mol. The molecule has 0 spiro atoms. The molecule has 1 N–H and O–H groups in total. The summed E-state index contributed by atoms with van der Waals surface area (Å²) in [6.07, 6.45) is 1.44. The summed E-state index contributed by atoms with van der Waals surface area (Å²) in [5.41, 5.74) is -0.623. The first-order chi connectivity index (χ1) is 8.36. The second-order valence-electron chi connectivity index (χ2n) is 4.35. The van der Waals surface area contributed by atoms with Crippen LogP contribution in [0.5, 0.6) is 0 Å². The summed E-state index contributed by atoms with van der Waals surface area (Å²) in [5.74, 6) is -0.852. The molecule has 5 nitrogen and oxygen atoms in total. The lowest BCUT2D eigenvalue weighted by molar-refractivity contribution is -0.149. The summed E-state index contributed by atoms with van der Waals surface area (Å²) in [5, 5.41) is 8.82. The molecule has 0 saturated carbocycles. The number of aromatic carboxylic acids is 1. The molecule has 0 aliphatic heterocycles. The molecule has 0 radical (unpaired) electrons. The average Bonchev–Trinajstić information content (AvgIpc) is 2.35. The molecule has 98 valence electrons. The molecular formula is C12H15NO4S. The zero-order valence-corrected chi connectivity index (χ0v) is 11.3. The van der Waals surface area contributed by atoms with E-state index in [2.05, 4.69) is 4.98 Å². The predicted molar refractivity (Wildman–Crippen MR) is 67.7 cm³/mol. The van der Waals surface area contributed by atoms with Gasteiger partial charge in [-0.05, 0) is 26.0 Å². The molecule has 1 heterocycles. The summed E-state index contributed by atoms with van der Waals surface area (Å²) < 4.78 is 4.71. The quantitative estimate of drug-likeness (QED) is 0.651. The van der Waals surface area contributed by atoms with Crippen LogP contribution in [-0.4, -0.2) is 34.9 Å². The Bertz CT molecular complexity index is 459. The molecule has 6 heteroatoms. The first-order valence-corrected chi connectivity index (χ1v) is 6.26. The SMILES string of the molecule is COC(=O)C(C)(C)CSc1ccnc(C(=O)O)c1. The van der Waals surface area contributed by atoms with Crippen molar-refractivity contribution in [1.29, 1.82) is 0 Å². The van der Waals surface area contributed by atoms with E-state index in [0.717, 1.165) is 4.90 Å². The van der Waals surface area contributed by atoms with E-state index < -0.39 is 11.4 Å². The number of ether oxygens (including phenoxy) is 1. The number of carbonyl (C=O) groups is 2. The Hall–Kier alpha value is -1.56. The maximum absolute atomic E-state index is 11.5. The minimum absolute atomic E-state index is 0.00382. The molecule has 0 saturated heterocycles. The van der Waals surface area contributed by atoms with Gasteiger partial charge in [0.2, 0.25) is 0 Å². The summed E-state index contributed by atoms with van der Waals surface area (Å²) in [6, 6.07) is 3.20. The Balaban J connectivity index is 2.72. The van der Waals surface area contributed by atoms with E-state index >= 15 is 0 Å². The Morgan fingerprint density at radius 1 is 1.50 bits per heavy atom. The van der Waals surface area contributed by atoms with Crippen molar-refractivity contribution in [1.82, 2.24) is 4.98 Å². The van der Waals surface area contributed by atoms with Gasteiger partial charge in [0, 0.05) is 16.8 Å². The number of thioether (sulfide) groups is 1. The van der Waals surface area contributed by atoms with E-state index in [4.69, 9.17) is 9.84 Å². The number of hydrogen-bond donors (Lipinski definition) is 1. The third-order valence-electron chi connectivity index (χ3n) is 2.29. The van der Waals surface area contributed by atoms with Crippen LogP contribution in [0.25, 0.3) is 0 Å². The standard InChI is InChI=1S/C12H15NO4S/c1-12(2,11(16)17-3)7-18-8-4-5-13-9(6-8)10(14)15/h4-6H,7H2,1-3H3,(H,14,15). The molecule has 0 aliphatic rings. The number of methoxy groups -OCH3 is 1. The molecule has 0 atom stereocenters. The molecule has 1 aromatic rings. The smallest absolute Gasteiger partial charge is 0.354 e. The topological polar surface area (TPSA) is 76.5 Å². The number of carboxylic acids is 1. The molecule has 0 aromatic carbocycles. The third-order valence-corrected chi connectivity index (χ3v) is 3.74. The van der Waals surface area contributed by atoms with Crippen molar-refractivity contribution < 1.29 is 19.4 Å². The van der Waals surface area contributed by atoms with Gasteiger partial charge in [-0.3, -0.25) is 4.79 Å². The largest absolute Gasteiger partial charge is 0.477 e. The molecule has 1 aromatic heterocycles. The highest BCUT2D eigenvalue weighted by atomic mass is 32.2. The van der Waals surface area contributed by atoms with Crippen LogP contribution in [0.1, 0.15) is 24.3 Å². The van der Waals surface area contributed by atoms with Crippen molar-refractivity contribution in [3.05, 3.63) is 24.0 Å². The predicted octanol–water partition coefficient (Wildman–Crippen LogP) is 2.07. The van der Waals surface area contributed by atoms with Gasteiger partial charge in [-0.15, -0.1) is 11.8 Å². The Kier molecular flexibility index (Phi) is 4.72. The van der Waals surface area contributed by atoms with Crippen LogP contribution in [0.4, 0.5) is 0 Å². The normalized spacial score (nSPS) is 11.1. The van der Waals surface area contributed by atoms with Crippen LogP contribution in [0, 0.1) is 5.41 Å². The fourth-order valence-corrected chi connectivity index (χ4v) is 2.21. The minimum atomic E-state index is -1.07. The first-order valence-electron chi connectivity index (χ1n) is 5.27. The molecule has 18 heavy (non-hydrogen) atoms. The van der Waals surface area contributed by atoms with Crippen molar-refractivity contribution in [3.63, 3.8) is 0 Å². The molecule has 0 bridgehead atoms. The number of rotatable bonds is 5. The van der Waals surface area contributed by atoms with Crippen LogP contribution in [0.3, 0.4) is 0 Å². The van der Waals surface area contributed by atoms with Crippen LogP contribution < -0.4 is 0 Å². The number of esters is 1. The lowest BCUT2D eigenvalue weighted by Crippen LogP contribution is -2.28. The van der Waals surface area contributed by atoms with Gasteiger partial charge in [-0.2, -0.15) is 0 Å². The Labute approximate surface area is 110 Å². The molecule has 0 fully saturated rings. The van der Waals surface area contributed by atoms with Gasteiger partial charge in [-0.25, -0.2) is 9.78 Å². The summed E-state index contributed by atoms with van der Waals surface area (Å²) in [6.45, 7) is 3.57. The van der Waals surface area contributed by atoms with Gasteiger partial charge >= 0.3 is 11.9 Å². The number of aromatic nitrogens is 1. The van der Waals surface area contributed by atoms with E-state index in [9.17, 15) is 9.59 Å². The van der Waals surface area contributed by atoms with Gasteiger partial charge < -0.3 is 9.84 Å². The molecule has 0 unspecified atom stereocenters. The van der Waals surface area contributed by atoms with Crippen LogP contribution in [-0.2, 0) is 9.53 Å². The van der Waals surface area contributed by atoms with Gasteiger partial charge in [0.1, 0.15) is 5.69 Å². The highest BCUT2D eigenvalue weighted by molar-refractivity contribution is 7.99. The van der Waals surface area contributed by atoms with E-state index in [1.807, 2.05) is 0 Å². The maximum atomic E-state index is 11.5. The van der Waals surface area contributed by atoms with E-state index in [0.29, 0.717) is 5.75 Å². The van der Waals surface area contributed by atoms with Gasteiger partial charge in [0.05, 0.1) is 12.5 Å². The molecule has 0 aliphatic carbocycles. The minimum Gasteiger partial charge on any atom is -0.477 e. The number of carboxylic acid groups (broad SMARTS) is 1. The van der Waals surface area contributed by atoms with E-state index in [1.165, 1.54) is 31.1 Å². The van der Waals surface area contributed by atoms with Crippen molar-refractivity contribution in [3.8, 4) is 0 Å². The third kappa shape index (κ3) is 3.73. The number of nitrogens with zero attached hydrogens (tertiary/aromatic N) is 1. The van der Waals surface area contributed by atoms with Crippen LogP contribution in [0.2, 0.25) is 0 Å². The van der Waals surface area contributed by atoms with Gasteiger partial charge in [0.15, 0.2) is 0 Å². The number of pyridine rings is 1. The van der Waals surface area contributed by atoms with Crippen LogP contribution >= 0.6 is 11.8 Å². The summed E-state index contributed by atoms with van der Waals surface area (Å²) in [4.78, 5) is 26.7. The van der Waals surface area contributed by atoms with Gasteiger partial charge in [-0.1, -0.05) is 0 Å². The van der Waals surface area contributed by atoms with Crippen molar-refractivity contribution >= 4 is 23.7 Å². The summed E-state index contributed by atoms with van der Waals surface area (Å²) >= 11 is 1.40. The average molecular weight is 269 g/mol. The van der Waals surface area contributed by atoms with E-state index in [1.54, 1.807) is 19.9 Å². The second-order valence-corrected chi connectivity index (χ2v) is 5.39. The van der Waals surface area contributed by atoms with E-state index in [-0.39, 0.29) is 11.7 Å². The lowest BCUT2D eigenvalue weighted by Gasteiger charge is -2.20. The highest BCUT2D eigenvalue weighted by Crippen LogP contribution is 2.28. The lowest BCUT2D eigenvalue weighted by atomic mass is 9.97.